The Morgan fingerprint density at radius 2 is 2.07 bits per heavy atom. The SMILES string of the molecule is CC(=O)CCC(=O)NCC1CCC(O)C1. The first-order valence-corrected chi connectivity index (χ1v) is 5.52. The lowest BCUT2D eigenvalue weighted by Gasteiger charge is -2.10. The van der Waals surface area contributed by atoms with E-state index in [9.17, 15) is 14.7 Å². The van der Waals surface area contributed by atoms with Gasteiger partial charge in [0, 0.05) is 19.4 Å². The maximum Gasteiger partial charge on any atom is 0.220 e. The van der Waals surface area contributed by atoms with Crippen molar-refractivity contribution in [2.75, 3.05) is 6.54 Å². The van der Waals surface area contributed by atoms with Gasteiger partial charge in [-0.1, -0.05) is 0 Å². The monoisotopic (exact) mass is 213 g/mol. The molecule has 4 nitrogen and oxygen atoms in total. The third-order valence-electron chi connectivity index (χ3n) is 2.81. The lowest BCUT2D eigenvalue weighted by Crippen LogP contribution is -2.28. The fourth-order valence-corrected chi connectivity index (χ4v) is 1.87. The maximum absolute atomic E-state index is 11.3. The van der Waals surface area contributed by atoms with Crippen molar-refractivity contribution in [1.82, 2.24) is 5.32 Å². The number of aliphatic hydroxyl groups excluding tert-OH is 1. The van der Waals surface area contributed by atoms with Crippen LogP contribution in [0.5, 0.6) is 0 Å². The molecule has 2 N–H and O–H groups in total. The van der Waals surface area contributed by atoms with Crippen molar-refractivity contribution in [3.05, 3.63) is 0 Å². The molecule has 1 amide bonds. The fraction of sp³-hybridized carbons (Fsp3) is 0.818. The highest BCUT2D eigenvalue weighted by atomic mass is 16.3. The van der Waals surface area contributed by atoms with E-state index in [4.69, 9.17) is 0 Å². The molecule has 1 aliphatic carbocycles. The maximum atomic E-state index is 11.3. The molecule has 0 aliphatic heterocycles. The van der Waals surface area contributed by atoms with Crippen molar-refractivity contribution in [2.24, 2.45) is 5.92 Å². The Bertz CT molecular complexity index is 240. The van der Waals surface area contributed by atoms with Crippen LogP contribution in [-0.2, 0) is 9.59 Å². The van der Waals surface area contributed by atoms with Crippen LogP contribution in [0.4, 0.5) is 0 Å². The second kappa shape index (κ2) is 5.85. The molecule has 0 aromatic carbocycles. The van der Waals surface area contributed by atoms with Crippen molar-refractivity contribution >= 4 is 11.7 Å². The molecular weight excluding hydrogens is 194 g/mol. The number of aliphatic hydroxyl groups is 1. The Morgan fingerprint density at radius 3 is 2.60 bits per heavy atom. The van der Waals surface area contributed by atoms with E-state index in [1.807, 2.05) is 0 Å². The highest BCUT2D eigenvalue weighted by molar-refractivity contribution is 5.83. The van der Waals surface area contributed by atoms with Crippen LogP contribution >= 0.6 is 0 Å². The number of rotatable bonds is 5. The zero-order chi connectivity index (χ0) is 11.3. The Labute approximate surface area is 90.0 Å². The van der Waals surface area contributed by atoms with Crippen LogP contribution in [0.1, 0.15) is 39.0 Å². The van der Waals surface area contributed by atoms with Crippen molar-refractivity contribution in [2.45, 2.75) is 45.1 Å². The number of nitrogens with one attached hydrogen (secondary N) is 1. The topological polar surface area (TPSA) is 66.4 Å². The number of carbonyl (C=O) groups is 2. The number of amides is 1. The molecule has 86 valence electrons. The van der Waals surface area contributed by atoms with Crippen molar-refractivity contribution in [3.8, 4) is 0 Å². The Kier molecular flexibility index (Phi) is 4.75. The quantitative estimate of drug-likeness (QED) is 0.704. The van der Waals surface area contributed by atoms with Gasteiger partial charge in [0.05, 0.1) is 6.10 Å². The van der Waals surface area contributed by atoms with E-state index in [2.05, 4.69) is 5.32 Å². The third-order valence-corrected chi connectivity index (χ3v) is 2.81. The van der Waals surface area contributed by atoms with Gasteiger partial charge in [-0.25, -0.2) is 0 Å². The molecule has 1 rings (SSSR count). The third kappa shape index (κ3) is 4.93. The number of ketones is 1. The van der Waals surface area contributed by atoms with Crippen LogP contribution < -0.4 is 5.32 Å². The van der Waals surface area contributed by atoms with Crippen molar-refractivity contribution < 1.29 is 14.7 Å². The predicted molar refractivity (Wildman–Crippen MR) is 56.3 cm³/mol. The van der Waals surface area contributed by atoms with Crippen LogP contribution in [0.3, 0.4) is 0 Å². The Hall–Kier alpha value is -0.900. The molecule has 0 spiro atoms. The molecule has 15 heavy (non-hydrogen) atoms. The summed E-state index contributed by atoms with van der Waals surface area (Å²) in [6.45, 7) is 2.12. The minimum absolute atomic E-state index is 0.0430. The van der Waals surface area contributed by atoms with Gasteiger partial charge in [-0.15, -0.1) is 0 Å². The van der Waals surface area contributed by atoms with E-state index in [1.54, 1.807) is 0 Å². The van der Waals surface area contributed by atoms with E-state index < -0.39 is 0 Å². The summed E-state index contributed by atoms with van der Waals surface area (Å²) in [5.74, 6) is 0.384. The number of hydrogen-bond acceptors (Lipinski definition) is 3. The summed E-state index contributed by atoms with van der Waals surface area (Å²) < 4.78 is 0. The van der Waals surface area contributed by atoms with Crippen LogP contribution in [0, 0.1) is 5.92 Å². The van der Waals surface area contributed by atoms with Gasteiger partial charge in [-0.3, -0.25) is 4.79 Å². The minimum Gasteiger partial charge on any atom is -0.393 e. The summed E-state index contributed by atoms with van der Waals surface area (Å²) in [4.78, 5) is 21.9. The molecule has 1 aliphatic rings. The average Bonchev–Trinajstić information content (AvgIpc) is 2.58. The lowest BCUT2D eigenvalue weighted by molar-refractivity contribution is -0.124. The summed E-state index contributed by atoms with van der Waals surface area (Å²) in [6, 6.07) is 0. The number of Topliss-reactive ketones (excluding diaryl/α,β-unsaturated/α-hetero) is 1. The standard InChI is InChI=1S/C11H19NO3/c1-8(13)2-5-11(15)12-7-9-3-4-10(14)6-9/h9-10,14H,2-7H2,1H3,(H,12,15). The Balaban J connectivity index is 2.09. The smallest absolute Gasteiger partial charge is 0.220 e. The molecule has 0 radical (unpaired) electrons. The lowest BCUT2D eigenvalue weighted by atomic mass is 10.1. The van der Waals surface area contributed by atoms with Crippen molar-refractivity contribution in [1.29, 1.82) is 0 Å². The zero-order valence-electron chi connectivity index (χ0n) is 9.16. The van der Waals surface area contributed by atoms with Crippen molar-refractivity contribution in [3.63, 3.8) is 0 Å². The van der Waals surface area contributed by atoms with Crippen LogP contribution in [-0.4, -0.2) is 29.4 Å². The predicted octanol–water partition coefficient (Wildman–Crippen LogP) is 0.633. The fourth-order valence-electron chi connectivity index (χ4n) is 1.87. The van der Waals surface area contributed by atoms with Crippen LogP contribution in [0.15, 0.2) is 0 Å². The molecule has 0 heterocycles. The van der Waals surface area contributed by atoms with Gasteiger partial charge in [0.25, 0.3) is 0 Å². The summed E-state index contributed by atoms with van der Waals surface area (Å²) in [5.41, 5.74) is 0. The molecular formula is C11H19NO3. The molecule has 0 saturated heterocycles. The summed E-state index contributed by atoms with van der Waals surface area (Å²) in [5, 5.41) is 12.1. The summed E-state index contributed by atoms with van der Waals surface area (Å²) >= 11 is 0. The Morgan fingerprint density at radius 1 is 1.33 bits per heavy atom. The second-order valence-electron chi connectivity index (χ2n) is 4.34. The molecule has 4 heteroatoms. The highest BCUT2D eigenvalue weighted by Crippen LogP contribution is 2.24. The normalized spacial score (nSPS) is 25.2. The van der Waals surface area contributed by atoms with Crippen LogP contribution in [0.2, 0.25) is 0 Å². The molecule has 1 fully saturated rings. The van der Waals surface area contributed by atoms with E-state index in [1.165, 1.54) is 6.92 Å². The first-order chi connectivity index (χ1) is 7.08. The van der Waals surface area contributed by atoms with E-state index >= 15 is 0 Å². The van der Waals surface area contributed by atoms with E-state index in [0.717, 1.165) is 19.3 Å². The zero-order valence-corrected chi connectivity index (χ0v) is 9.16. The van der Waals surface area contributed by atoms with Crippen LogP contribution in [0.25, 0.3) is 0 Å². The van der Waals surface area contributed by atoms with Gasteiger partial charge in [0.15, 0.2) is 0 Å². The van der Waals surface area contributed by atoms with Gasteiger partial charge < -0.3 is 15.2 Å². The summed E-state index contributed by atoms with van der Waals surface area (Å²) in [6.07, 6.45) is 3.02. The summed E-state index contributed by atoms with van der Waals surface area (Å²) in [7, 11) is 0. The first-order valence-electron chi connectivity index (χ1n) is 5.52. The second-order valence-corrected chi connectivity index (χ2v) is 4.34. The first kappa shape index (κ1) is 12.2. The average molecular weight is 213 g/mol. The highest BCUT2D eigenvalue weighted by Gasteiger charge is 2.22. The molecule has 1 saturated carbocycles. The molecule has 0 aromatic rings. The molecule has 0 bridgehead atoms. The molecule has 2 atom stereocenters. The number of hydrogen-bond donors (Lipinski definition) is 2. The largest absolute Gasteiger partial charge is 0.393 e. The minimum atomic E-state index is -0.191. The van der Waals surface area contributed by atoms with Gasteiger partial charge in [0.1, 0.15) is 5.78 Å². The van der Waals surface area contributed by atoms with Gasteiger partial charge in [-0.2, -0.15) is 0 Å². The van der Waals surface area contributed by atoms with Gasteiger partial charge in [-0.05, 0) is 32.1 Å². The number of carbonyl (C=O) groups excluding carboxylic acids is 2. The van der Waals surface area contributed by atoms with E-state index in [-0.39, 0.29) is 24.2 Å². The van der Waals surface area contributed by atoms with E-state index in [0.29, 0.717) is 18.9 Å². The van der Waals surface area contributed by atoms with Gasteiger partial charge in [0.2, 0.25) is 5.91 Å². The molecule has 2 unspecified atom stereocenters. The molecule has 0 aromatic heterocycles. The van der Waals surface area contributed by atoms with Gasteiger partial charge >= 0.3 is 0 Å².